The maximum Gasteiger partial charge on any atom is 0.327 e. The maximum atomic E-state index is 12.2. The Hall–Kier alpha value is -2.54. The van der Waals surface area contributed by atoms with Crippen LogP contribution in [-0.2, 0) is 16.0 Å². The molecule has 0 fully saturated rings. The first kappa shape index (κ1) is 19.8. The fraction of sp³-hybridized carbons (Fsp3) is 0.316. The number of pyridine rings is 1. The summed E-state index contributed by atoms with van der Waals surface area (Å²) in [7, 11) is 0. The lowest BCUT2D eigenvalue weighted by atomic mass is 10.3. The highest BCUT2D eigenvalue weighted by Gasteiger charge is 2.23. The van der Waals surface area contributed by atoms with Crippen molar-refractivity contribution in [3.63, 3.8) is 0 Å². The lowest BCUT2D eigenvalue weighted by Gasteiger charge is -2.18. The number of benzene rings is 1. The van der Waals surface area contributed by atoms with E-state index in [0.717, 1.165) is 17.9 Å². The van der Waals surface area contributed by atoms with Crippen LogP contribution in [0.4, 0.5) is 0 Å². The molecule has 1 amide bonds. The molecule has 0 saturated carbocycles. The average Bonchev–Trinajstić information content (AvgIpc) is 2.65. The Labute approximate surface area is 157 Å². The molecular weight excluding hydrogens is 352 g/mol. The van der Waals surface area contributed by atoms with Crippen LogP contribution < -0.4 is 10.1 Å². The molecular formula is C19H22N2O4S. The number of nitrogens with one attached hydrogen (secondary N) is 1. The molecule has 1 aromatic carbocycles. The number of aliphatic carboxylic acids is 1. The van der Waals surface area contributed by atoms with E-state index in [2.05, 4.69) is 10.3 Å². The summed E-state index contributed by atoms with van der Waals surface area (Å²) in [5.41, 5.74) is 0.959. The zero-order valence-electron chi connectivity index (χ0n) is 14.5. The second-order valence-electron chi connectivity index (χ2n) is 5.62. The van der Waals surface area contributed by atoms with Gasteiger partial charge in [0.25, 0.3) is 5.91 Å². The highest BCUT2D eigenvalue weighted by Crippen LogP contribution is 2.11. The summed E-state index contributed by atoms with van der Waals surface area (Å²) in [5.74, 6) is 0.0625. The molecule has 0 spiro atoms. The predicted molar refractivity (Wildman–Crippen MR) is 101 cm³/mol. The molecule has 6 nitrogen and oxygen atoms in total. The monoisotopic (exact) mass is 374 g/mol. The van der Waals surface area contributed by atoms with E-state index in [4.69, 9.17) is 4.74 Å². The Morgan fingerprint density at radius 1 is 1.19 bits per heavy atom. The zero-order chi connectivity index (χ0) is 18.8. The largest absolute Gasteiger partial charge is 0.481 e. The van der Waals surface area contributed by atoms with Gasteiger partial charge in [0.05, 0.1) is 0 Å². The molecule has 0 aliphatic carbocycles. The van der Waals surface area contributed by atoms with Crippen LogP contribution in [0.15, 0.2) is 54.7 Å². The summed E-state index contributed by atoms with van der Waals surface area (Å²) >= 11 is 1.47. The Balaban J connectivity index is 1.77. The van der Waals surface area contributed by atoms with Gasteiger partial charge in [0.1, 0.15) is 11.8 Å². The number of carboxylic acid groups (broad SMARTS) is 1. The topological polar surface area (TPSA) is 88.5 Å². The Kier molecular flexibility index (Phi) is 7.95. The standard InChI is InChI=1S/C19H22N2O4S/c1-14(25-16-8-3-2-4-9-16)18(22)21-17(19(23)24)13-26-12-10-15-7-5-6-11-20-15/h2-9,11,14,17H,10,12-13H2,1H3,(H,21,22)(H,23,24). The van der Waals surface area contributed by atoms with Crippen LogP contribution in [0.1, 0.15) is 12.6 Å². The maximum absolute atomic E-state index is 12.2. The van der Waals surface area contributed by atoms with Crippen LogP contribution in [0.5, 0.6) is 5.75 Å². The van der Waals surface area contributed by atoms with Gasteiger partial charge in [-0.2, -0.15) is 11.8 Å². The summed E-state index contributed by atoms with van der Waals surface area (Å²) in [4.78, 5) is 27.8. The van der Waals surface area contributed by atoms with Crippen molar-refractivity contribution in [1.29, 1.82) is 0 Å². The minimum absolute atomic E-state index is 0.284. The van der Waals surface area contributed by atoms with Gasteiger partial charge in [-0.3, -0.25) is 9.78 Å². The molecule has 2 atom stereocenters. The number of amides is 1. The predicted octanol–water partition coefficient (Wildman–Crippen LogP) is 2.39. The molecule has 2 aromatic rings. The molecule has 2 unspecified atom stereocenters. The highest BCUT2D eigenvalue weighted by atomic mass is 32.2. The van der Waals surface area contributed by atoms with E-state index < -0.39 is 24.0 Å². The van der Waals surface area contributed by atoms with Crippen molar-refractivity contribution < 1.29 is 19.4 Å². The molecule has 0 bridgehead atoms. The zero-order valence-corrected chi connectivity index (χ0v) is 15.3. The quantitative estimate of drug-likeness (QED) is 0.621. The number of thioether (sulfide) groups is 1. The number of hydrogen-bond acceptors (Lipinski definition) is 5. The van der Waals surface area contributed by atoms with E-state index in [0.29, 0.717) is 5.75 Å². The first-order valence-corrected chi connectivity index (χ1v) is 9.44. The molecule has 0 radical (unpaired) electrons. The lowest BCUT2D eigenvalue weighted by Crippen LogP contribution is -2.47. The molecule has 2 N–H and O–H groups in total. The van der Waals surface area contributed by atoms with Gasteiger partial charge >= 0.3 is 5.97 Å². The van der Waals surface area contributed by atoms with Gasteiger partial charge in [-0.1, -0.05) is 24.3 Å². The van der Waals surface area contributed by atoms with E-state index in [1.165, 1.54) is 11.8 Å². The summed E-state index contributed by atoms with van der Waals surface area (Å²) in [6.45, 7) is 1.59. The Morgan fingerprint density at radius 2 is 1.92 bits per heavy atom. The summed E-state index contributed by atoms with van der Waals surface area (Å²) in [6, 6.07) is 13.7. The van der Waals surface area contributed by atoms with Crippen molar-refractivity contribution >= 4 is 23.6 Å². The Morgan fingerprint density at radius 3 is 2.58 bits per heavy atom. The van der Waals surface area contributed by atoms with Crippen LogP contribution in [0, 0.1) is 0 Å². The lowest BCUT2D eigenvalue weighted by molar-refractivity contribution is -0.142. The van der Waals surface area contributed by atoms with E-state index in [1.807, 2.05) is 24.3 Å². The van der Waals surface area contributed by atoms with Crippen LogP contribution in [0.25, 0.3) is 0 Å². The number of carbonyl (C=O) groups is 2. The number of carbonyl (C=O) groups excluding carboxylic acids is 1. The van der Waals surface area contributed by atoms with Crippen LogP contribution in [0.2, 0.25) is 0 Å². The van der Waals surface area contributed by atoms with Crippen molar-refractivity contribution in [3.05, 3.63) is 60.4 Å². The van der Waals surface area contributed by atoms with Gasteiger partial charge in [-0.05, 0) is 43.4 Å². The number of para-hydroxylation sites is 1. The molecule has 26 heavy (non-hydrogen) atoms. The number of aryl methyl sites for hydroxylation is 1. The molecule has 1 heterocycles. The third-order valence-electron chi connectivity index (χ3n) is 3.55. The van der Waals surface area contributed by atoms with Crippen molar-refractivity contribution in [2.75, 3.05) is 11.5 Å². The van der Waals surface area contributed by atoms with Gasteiger partial charge in [0, 0.05) is 17.6 Å². The number of hydrogen-bond donors (Lipinski definition) is 2. The molecule has 2 rings (SSSR count). The van der Waals surface area contributed by atoms with Gasteiger partial charge in [-0.25, -0.2) is 4.79 Å². The minimum atomic E-state index is -1.06. The first-order chi connectivity index (χ1) is 12.6. The number of rotatable bonds is 10. The molecule has 7 heteroatoms. The minimum Gasteiger partial charge on any atom is -0.481 e. The van der Waals surface area contributed by atoms with Gasteiger partial charge in [-0.15, -0.1) is 0 Å². The Bertz CT molecular complexity index is 697. The number of nitrogens with zero attached hydrogens (tertiary/aromatic N) is 1. The molecule has 0 saturated heterocycles. The van der Waals surface area contributed by atoms with Crippen molar-refractivity contribution in [2.24, 2.45) is 0 Å². The third kappa shape index (κ3) is 6.76. The number of ether oxygens (including phenoxy) is 1. The van der Waals surface area contributed by atoms with Gasteiger partial charge in [0.2, 0.25) is 0 Å². The second-order valence-corrected chi connectivity index (χ2v) is 6.77. The van der Waals surface area contributed by atoms with Crippen LogP contribution in [0.3, 0.4) is 0 Å². The third-order valence-corrected chi connectivity index (χ3v) is 4.61. The molecule has 1 aromatic heterocycles. The summed E-state index contributed by atoms with van der Waals surface area (Å²) < 4.78 is 5.52. The van der Waals surface area contributed by atoms with Gasteiger partial charge in [0.15, 0.2) is 6.10 Å². The fourth-order valence-corrected chi connectivity index (χ4v) is 3.13. The normalized spacial score (nSPS) is 12.8. The average molecular weight is 374 g/mol. The number of carboxylic acids is 1. The van der Waals surface area contributed by atoms with Crippen molar-refractivity contribution in [3.8, 4) is 5.75 Å². The van der Waals surface area contributed by atoms with Crippen LogP contribution in [-0.4, -0.2) is 45.6 Å². The van der Waals surface area contributed by atoms with E-state index in [9.17, 15) is 14.7 Å². The van der Waals surface area contributed by atoms with Crippen molar-refractivity contribution in [1.82, 2.24) is 10.3 Å². The van der Waals surface area contributed by atoms with E-state index in [1.54, 1.807) is 37.4 Å². The van der Waals surface area contributed by atoms with Gasteiger partial charge < -0.3 is 15.2 Å². The first-order valence-electron chi connectivity index (χ1n) is 8.29. The second kappa shape index (κ2) is 10.5. The number of aromatic nitrogens is 1. The smallest absolute Gasteiger partial charge is 0.327 e. The van der Waals surface area contributed by atoms with E-state index in [-0.39, 0.29) is 5.75 Å². The molecule has 0 aliphatic heterocycles. The van der Waals surface area contributed by atoms with Crippen molar-refractivity contribution in [2.45, 2.75) is 25.5 Å². The van der Waals surface area contributed by atoms with E-state index >= 15 is 0 Å². The molecule has 138 valence electrons. The highest BCUT2D eigenvalue weighted by molar-refractivity contribution is 7.99. The fourth-order valence-electron chi connectivity index (χ4n) is 2.14. The molecule has 0 aliphatic rings. The van der Waals surface area contributed by atoms with Crippen LogP contribution >= 0.6 is 11.8 Å². The summed E-state index contributed by atoms with van der Waals surface area (Å²) in [6.07, 6.45) is 1.70. The summed E-state index contributed by atoms with van der Waals surface area (Å²) in [5, 5.41) is 11.9. The SMILES string of the molecule is CC(Oc1ccccc1)C(=O)NC(CSCCc1ccccn1)C(=O)O.